The lowest BCUT2D eigenvalue weighted by Gasteiger charge is -2.29. The van der Waals surface area contributed by atoms with Crippen LogP contribution in [0.4, 0.5) is 13.2 Å². The predicted octanol–water partition coefficient (Wildman–Crippen LogP) is 1.99. The van der Waals surface area contributed by atoms with Crippen LogP contribution in [0.3, 0.4) is 0 Å². The number of hydrogen-bond donors (Lipinski definition) is 1. The molecular weight excluding hydrogens is 345 g/mol. The van der Waals surface area contributed by atoms with E-state index in [0.29, 0.717) is 18.4 Å². The van der Waals surface area contributed by atoms with Gasteiger partial charge in [0.05, 0.1) is 11.8 Å². The van der Waals surface area contributed by atoms with Crippen LogP contribution in [-0.4, -0.2) is 38.0 Å². The van der Waals surface area contributed by atoms with E-state index in [1.807, 2.05) is 0 Å². The SMILES string of the molecule is CS(=O)(=O)N1CCC(C(=O)NCc2cccc(C(F)(F)F)c2)CC1. The van der Waals surface area contributed by atoms with Gasteiger partial charge in [-0.3, -0.25) is 4.79 Å². The van der Waals surface area contributed by atoms with Gasteiger partial charge in [0, 0.05) is 25.6 Å². The number of rotatable bonds is 4. The molecule has 0 aromatic heterocycles. The second kappa shape index (κ2) is 7.10. The summed E-state index contributed by atoms with van der Waals surface area (Å²) in [6.45, 7) is 0.565. The average Bonchev–Trinajstić information content (AvgIpc) is 2.51. The highest BCUT2D eigenvalue weighted by Gasteiger charge is 2.31. The van der Waals surface area contributed by atoms with E-state index in [4.69, 9.17) is 0 Å². The second-order valence-electron chi connectivity index (χ2n) is 5.85. The largest absolute Gasteiger partial charge is 0.416 e. The third kappa shape index (κ3) is 4.94. The molecule has 134 valence electrons. The van der Waals surface area contributed by atoms with Crippen LogP contribution in [0.15, 0.2) is 24.3 Å². The van der Waals surface area contributed by atoms with Gasteiger partial charge in [-0.05, 0) is 30.5 Å². The number of alkyl halides is 3. The summed E-state index contributed by atoms with van der Waals surface area (Å²) in [4.78, 5) is 12.1. The molecule has 2 rings (SSSR count). The van der Waals surface area contributed by atoms with Gasteiger partial charge in [0.2, 0.25) is 15.9 Å². The fourth-order valence-corrected chi connectivity index (χ4v) is 3.51. The highest BCUT2D eigenvalue weighted by molar-refractivity contribution is 7.88. The molecule has 24 heavy (non-hydrogen) atoms. The van der Waals surface area contributed by atoms with Crippen molar-refractivity contribution < 1.29 is 26.4 Å². The molecule has 1 amide bonds. The van der Waals surface area contributed by atoms with Crippen molar-refractivity contribution in [3.05, 3.63) is 35.4 Å². The molecule has 1 heterocycles. The summed E-state index contributed by atoms with van der Waals surface area (Å²) in [7, 11) is -3.25. The molecule has 0 radical (unpaired) electrons. The Balaban J connectivity index is 1.88. The maximum atomic E-state index is 12.6. The van der Waals surface area contributed by atoms with Crippen molar-refractivity contribution in [1.29, 1.82) is 0 Å². The van der Waals surface area contributed by atoms with E-state index >= 15 is 0 Å². The van der Waals surface area contributed by atoms with Crippen LogP contribution in [0.25, 0.3) is 0 Å². The maximum absolute atomic E-state index is 12.6. The number of benzene rings is 1. The minimum Gasteiger partial charge on any atom is -0.352 e. The van der Waals surface area contributed by atoms with Crippen molar-refractivity contribution >= 4 is 15.9 Å². The Hall–Kier alpha value is -1.61. The van der Waals surface area contributed by atoms with Crippen molar-refractivity contribution in [2.45, 2.75) is 25.6 Å². The summed E-state index contributed by atoms with van der Waals surface area (Å²) in [5.41, 5.74) is -0.387. The fourth-order valence-electron chi connectivity index (χ4n) is 2.64. The molecule has 0 unspecified atom stereocenters. The lowest BCUT2D eigenvalue weighted by Crippen LogP contribution is -2.42. The van der Waals surface area contributed by atoms with Gasteiger partial charge in [0.25, 0.3) is 0 Å². The Morgan fingerprint density at radius 2 is 1.92 bits per heavy atom. The number of carbonyl (C=O) groups excluding carboxylic acids is 1. The van der Waals surface area contributed by atoms with Crippen LogP contribution in [0.1, 0.15) is 24.0 Å². The topological polar surface area (TPSA) is 66.5 Å². The molecule has 1 aromatic rings. The van der Waals surface area contributed by atoms with Gasteiger partial charge >= 0.3 is 6.18 Å². The molecule has 1 N–H and O–H groups in total. The Morgan fingerprint density at radius 1 is 1.29 bits per heavy atom. The van der Waals surface area contributed by atoms with Crippen LogP contribution in [-0.2, 0) is 27.5 Å². The van der Waals surface area contributed by atoms with Crippen molar-refractivity contribution in [2.75, 3.05) is 19.3 Å². The lowest BCUT2D eigenvalue weighted by atomic mass is 9.97. The summed E-state index contributed by atoms with van der Waals surface area (Å²) in [5.74, 6) is -0.589. The minimum atomic E-state index is -4.42. The van der Waals surface area contributed by atoms with Crippen LogP contribution in [0.5, 0.6) is 0 Å². The number of hydrogen-bond acceptors (Lipinski definition) is 3. The highest BCUT2D eigenvalue weighted by Crippen LogP contribution is 2.29. The van der Waals surface area contributed by atoms with Gasteiger partial charge < -0.3 is 5.32 Å². The van der Waals surface area contributed by atoms with E-state index in [-0.39, 0.29) is 31.5 Å². The van der Waals surface area contributed by atoms with E-state index in [9.17, 15) is 26.4 Å². The molecule has 1 saturated heterocycles. The zero-order valence-electron chi connectivity index (χ0n) is 13.1. The van der Waals surface area contributed by atoms with Gasteiger partial charge in [-0.2, -0.15) is 13.2 Å². The quantitative estimate of drug-likeness (QED) is 0.889. The molecule has 0 bridgehead atoms. The van der Waals surface area contributed by atoms with Gasteiger partial charge in [0.15, 0.2) is 0 Å². The number of halogens is 3. The molecule has 0 atom stereocenters. The van der Waals surface area contributed by atoms with Gasteiger partial charge in [-0.15, -0.1) is 0 Å². The maximum Gasteiger partial charge on any atom is 0.416 e. The van der Waals surface area contributed by atoms with Crippen LogP contribution >= 0.6 is 0 Å². The molecule has 1 aliphatic rings. The van der Waals surface area contributed by atoms with Crippen LogP contribution in [0.2, 0.25) is 0 Å². The number of piperidine rings is 1. The molecule has 0 saturated carbocycles. The first kappa shape index (κ1) is 18.7. The first-order chi connectivity index (χ1) is 11.1. The highest BCUT2D eigenvalue weighted by atomic mass is 32.2. The molecule has 5 nitrogen and oxygen atoms in total. The molecule has 0 spiro atoms. The predicted molar refractivity (Wildman–Crippen MR) is 82.4 cm³/mol. The van der Waals surface area contributed by atoms with E-state index in [1.165, 1.54) is 16.4 Å². The van der Waals surface area contributed by atoms with Crippen molar-refractivity contribution in [1.82, 2.24) is 9.62 Å². The molecule has 1 aliphatic heterocycles. The summed E-state index contributed by atoms with van der Waals surface area (Å²) >= 11 is 0. The summed E-state index contributed by atoms with van der Waals surface area (Å²) in [6.07, 6.45) is -2.48. The zero-order chi connectivity index (χ0) is 18.0. The van der Waals surface area contributed by atoms with Gasteiger partial charge in [-0.1, -0.05) is 12.1 Å². The average molecular weight is 364 g/mol. The molecule has 0 aliphatic carbocycles. The van der Waals surface area contributed by atoms with Gasteiger partial charge in [-0.25, -0.2) is 12.7 Å². The Labute approximate surface area is 138 Å². The Bertz CT molecular complexity index is 696. The number of amides is 1. The number of sulfonamides is 1. The normalized spacial score (nSPS) is 17.7. The lowest BCUT2D eigenvalue weighted by molar-refractivity contribution is -0.137. The number of nitrogens with zero attached hydrogens (tertiary/aromatic N) is 1. The summed E-state index contributed by atoms with van der Waals surface area (Å²) < 4.78 is 62.1. The molecule has 1 aromatic carbocycles. The second-order valence-corrected chi connectivity index (χ2v) is 7.83. The minimum absolute atomic E-state index is 0.00897. The van der Waals surface area contributed by atoms with Gasteiger partial charge in [0.1, 0.15) is 0 Å². The van der Waals surface area contributed by atoms with E-state index in [2.05, 4.69) is 5.32 Å². The summed E-state index contributed by atoms with van der Waals surface area (Å²) in [5, 5.41) is 2.63. The van der Waals surface area contributed by atoms with Crippen LogP contribution in [0, 0.1) is 5.92 Å². The van der Waals surface area contributed by atoms with Crippen molar-refractivity contribution in [2.24, 2.45) is 5.92 Å². The Morgan fingerprint density at radius 3 is 2.46 bits per heavy atom. The smallest absolute Gasteiger partial charge is 0.352 e. The molecular formula is C15H19F3N2O3S. The van der Waals surface area contributed by atoms with E-state index in [1.54, 1.807) is 0 Å². The first-order valence-corrected chi connectivity index (χ1v) is 9.31. The monoisotopic (exact) mass is 364 g/mol. The fraction of sp³-hybridized carbons (Fsp3) is 0.533. The standard InChI is InChI=1S/C15H19F3N2O3S/c1-24(22,23)20-7-5-12(6-8-20)14(21)19-10-11-3-2-4-13(9-11)15(16,17)18/h2-4,9,12H,5-8,10H2,1H3,(H,19,21). The van der Waals surface area contributed by atoms with E-state index in [0.717, 1.165) is 18.4 Å². The third-order valence-corrected chi connectivity index (χ3v) is 5.32. The molecule has 1 fully saturated rings. The number of carbonyl (C=O) groups is 1. The van der Waals surface area contributed by atoms with Crippen molar-refractivity contribution in [3.63, 3.8) is 0 Å². The molecule has 9 heteroatoms. The summed E-state index contributed by atoms with van der Waals surface area (Å²) in [6, 6.07) is 4.80. The number of nitrogens with one attached hydrogen (secondary N) is 1. The van der Waals surface area contributed by atoms with Crippen molar-refractivity contribution in [3.8, 4) is 0 Å². The third-order valence-electron chi connectivity index (χ3n) is 4.01. The Kier molecular flexibility index (Phi) is 5.54. The zero-order valence-corrected chi connectivity index (χ0v) is 14.0. The first-order valence-electron chi connectivity index (χ1n) is 7.46. The van der Waals surface area contributed by atoms with Crippen LogP contribution < -0.4 is 5.32 Å². The van der Waals surface area contributed by atoms with E-state index < -0.39 is 21.8 Å².